The Balaban J connectivity index is 2.09. The molecule has 0 heterocycles. The Kier molecular flexibility index (Phi) is 4.17. The van der Waals surface area contributed by atoms with Gasteiger partial charge < -0.3 is 10.5 Å². The van der Waals surface area contributed by atoms with Crippen LogP contribution in [0.2, 0.25) is 0 Å². The zero-order valence-electron chi connectivity index (χ0n) is 10.5. The Hall–Kier alpha value is -1.16. The van der Waals surface area contributed by atoms with E-state index in [2.05, 4.69) is 6.92 Å². The van der Waals surface area contributed by atoms with Gasteiger partial charge in [0, 0.05) is 6.04 Å². The first kappa shape index (κ1) is 13.3. The van der Waals surface area contributed by atoms with E-state index in [1.54, 1.807) is 0 Å². The fourth-order valence-electron chi connectivity index (χ4n) is 2.48. The molecule has 2 nitrogen and oxygen atoms in total. The molecule has 1 aliphatic rings. The minimum Gasteiger partial charge on any atom is -0.486 e. The van der Waals surface area contributed by atoms with Crippen molar-refractivity contribution >= 4 is 0 Å². The van der Waals surface area contributed by atoms with Crippen molar-refractivity contribution in [3.8, 4) is 5.75 Å². The monoisotopic (exact) mass is 255 g/mol. The van der Waals surface area contributed by atoms with Crippen molar-refractivity contribution in [2.75, 3.05) is 0 Å². The number of nitrogens with two attached hydrogens (primary N) is 1. The van der Waals surface area contributed by atoms with Gasteiger partial charge in [-0.2, -0.15) is 4.39 Å². The Morgan fingerprint density at radius 2 is 2.11 bits per heavy atom. The van der Waals surface area contributed by atoms with Gasteiger partial charge in [0.25, 0.3) is 0 Å². The summed E-state index contributed by atoms with van der Waals surface area (Å²) in [7, 11) is 0. The van der Waals surface area contributed by atoms with Crippen LogP contribution in [0, 0.1) is 17.6 Å². The van der Waals surface area contributed by atoms with Crippen LogP contribution in [0.4, 0.5) is 8.78 Å². The molecule has 100 valence electrons. The molecule has 0 amide bonds. The third-order valence-corrected chi connectivity index (χ3v) is 3.72. The highest BCUT2D eigenvalue weighted by Gasteiger charge is 2.29. The molecule has 1 aliphatic carbocycles. The van der Waals surface area contributed by atoms with E-state index in [4.69, 9.17) is 10.5 Å². The highest BCUT2D eigenvalue weighted by atomic mass is 19.2. The lowest BCUT2D eigenvalue weighted by molar-refractivity contribution is 0.0962. The van der Waals surface area contributed by atoms with Crippen molar-refractivity contribution in [3.05, 3.63) is 29.8 Å². The highest BCUT2D eigenvalue weighted by Crippen LogP contribution is 2.30. The molecule has 0 saturated heterocycles. The molecule has 0 aromatic heterocycles. The lowest BCUT2D eigenvalue weighted by atomic mass is 9.83. The van der Waals surface area contributed by atoms with Crippen molar-refractivity contribution in [2.24, 2.45) is 11.7 Å². The summed E-state index contributed by atoms with van der Waals surface area (Å²) in [5.41, 5.74) is 5.99. The Bertz CT molecular complexity index is 411. The Morgan fingerprint density at radius 1 is 1.33 bits per heavy atom. The van der Waals surface area contributed by atoms with Crippen LogP contribution in [0.25, 0.3) is 0 Å². The lowest BCUT2D eigenvalue weighted by Gasteiger charge is -2.33. The second-order valence-corrected chi connectivity index (χ2v) is 4.96. The molecule has 1 aromatic carbocycles. The van der Waals surface area contributed by atoms with E-state index in [1.807, 2.05) is 0 Å². The number of hydrogen-bond acceptors (Lipinski definition) is 2. The molecule has 18 heavy (non-hydrogen) atoms. The van der Waals surface area contributed by atoms with E-state index in [0.29, 0.717) is 5.92 Å². The third kappa shape index (κ3) is 2.80. The summed E-state index contributed by atoms with van der Waals surface area (Å²) < 4.78 is 32.2. The van der Waals surface area contributed by atoms with Gasteiger partial charge in [0.1, 0.15) is 6.10 Å². The predicted molar refractivity (Wildman–Crippen MR) is 66.4 cm³/mol. The fraction of sp³-hybridized carbons (Fsp3) is 0.571. The normalized spacial score (nSPS) is 28.1. The van der Waals surface area contributed by atoms with Crippen molar-refractivity contribution in [2.45, 2.75) is 44.8 Å². The number of ether oxygens (including phenoxy) is 1. The molecule has 2 rings (SSSR count). The second-order valence-electron chi connectivity index (χ2n) is 4.96. The number of hydrogen-bond donors (Lipinski definition) is 1. The molecule has 1 saturated carbocycles. The summed E-state index contributed by atoms with van der Waals surface area (Å²) in [6.07, 6.45) is 3.62. The van der Waals surface area contributed by atoms with Gasteiger partial charge in [0.2, 0.25) is 5.82 Å². The average Bonchev–Trinajstić information content (AvgIpc) is 2.37. The molecular weight excluding hydrogens is 236 g/mol. The third-order valence-electron chi connectivity index (χ3n) is 3.72. The van der Waals surface area contributed by atoms with Crippen LogP contribution in [0.3, 0.4) is 0 Å². The van der Waals surface area contributed by atoms with Crippen LogP contribution >= 0.6 is 0 Å². The van der Waals surface area contributed by atoms with E-state index < -0.39 is 11.6 Å². The van der Waals surface area contributed by atoms with Gasteiger partial charge >= 0.3 is 0 Å². The van der Waals surface area contributed by atoms with Gasteiger partial charge in [0.15, 0.2) is 11.6 Å². The zero-order chi connectivity index (χ0) is 13.1. The van der Waals surface area contributed by atoms with E-state index >= 15 is 0 Å². The Labute approximate surface area is 106 Å². The summed E-state index contributed by atoms with van der Waals surface area (Å²) in [6, 6.07) is 3.87. The van der Waals surface area contributed by atoms with E-state index in [9.17, 15) is 8.78 Å². The van der Waals surface area contributed by atoms with Gasteiger partial charge in [-0.15, -0.1) is 0 Å². The minimum atomic E-state index is -0.927. The van der Waals surface area contributed by atoms with Crippen molar-refractivity contribution in [1.82, 2.24) is 0 Å². The molecule has 2 N–H and O–H groups in total. The molecule has 3 atom stereocenters. The fourth-order valence-corrected chi connectivity index (χ4v) is 2.48. The van der Waals surface area contributed by atoms with E-state index in [0.717, 1.165) is 31.7 Å². The van der Waals surface area contributed by atoms with Gasteiger partial charge in [-0.05, 0) is 37.3 Å². The first-order valence-corrected chi connectivity index (χ1v) is 6.48. The van der Waals surface area contributed by atoms with Crippen molar-refractivity contribution < 1.29 is 13.5 Å². The topological polar surface area (TPSA) is 35.2 Å². The number of benzene rings is 1. The summed E-state index contributed by atoms with van der Waals surface area (Å²) in [5, 5.41) is 0. The van der Waals surface area contributed by atoms with E-state index in [1.165, 1.54) is 12.1 Å². The largest absolute Gasteiger partial charge is 0.486 e. The standard InChI is InChI=1S/C14H19F2NO/c1-2-9-6-7-11(17)13(8-9)18-12-5-3-4-10(15)14(12)16/h3-5,9,11,13H,2,6-8,17H2,1H3. The van der Waals surface area contributed by atoms with Gasteiger partial charge in [-0.25, -0.2) is 4.39 Å². The molecule has 0 aliphatic heterocycles. The summed E-state index contributed by atoms with van der Waals surface area (Å²) >= 11 is 0. The molecule has 3 unspecified atom stereocenters. The molecule has 1 aromatic rings. The zero-order valence-corrected chi connectivity index (χ0v) is 10.5. The molecule has 0 radical (unpaired) electrons. The Morgan fingerprint density at radius 3 is 2.83 bits per heavy atom. The van der Waals surface area contributed by atoms with Gasteiger partial charge in [0.05, 0.1) is 0 Å². The number of rotatable bonds is 3. The van der Waals surface area contributed by atoms with Gasteiger partial charge in [-0.3, -0.25) is 0 Å². The van der Waals surface area contributed by atoms with Crippen LogP contribution in [0.1, 0.15) is 32.6 Å². The van der Waals surface area contributed by atoms with Crippen LogP contribution in [-0.4, -0.2) is 12.1 Å². The maximum absolute atomic E-state index is 13.5. The van der Waals surface area contributed by atoms with Crippen LogP contribution in [0.5, 0.6) is 5.75 Å². The summed E-state index contributed by atoms with van der Waals surface area (Å²) in [4.78, 5) is 0. The molecule has 0 spiro atoms. The van der Waals surface area contributed by atoms with Crippen LogP contribution < -0.4 is 10.5 Å². The quantitative estimate of drug-likeness (QED) is 0.899. The predicted octanol–water partition coefficient (Wildman–Crippen LogP) is 3.25. The first-order valence-electron chi connectivity index (χ1n) is 6.48. The molecule has 1 fully saturated rings. The average molecular weight is 255 g/mol. The minimum absolute atomic E-state index is 0.0350. The first-order chi connectivity index (χ1) is 8.61. The number of halogens is 2. The summed E-state index contributed by atoms with van der Waals surface area (Å²) in [6.45, 7) is 2.13. The maximum atomic E-state index is 13.5. The molecular formula is C14H19F2NO. The van der Waals surface area contributed by atoms with Gasteiger partial charge in [-0.1, -0.05) is 19.4 Å². The van der Waals surface area contributed by atoms with Crippen molar-refractivity contribution in [3.63, 3.8) is 0 Å². The van der Waals surface area contributed by atoms with Crippen LogP contribution in [-0.2, 0) is 0 Å². The summed E-state index contributed by atoms with van der Waals surface area (Å²) in [5.74, 6) is -1.29. The highest BCUT2D eigenvalue weighted by molar-refractivity contribution is 5.25. The molecule has 0 bridgehead atoms. The van der Waals surface area contributed by atoms with Crippen LogP contribution in [0.15, 0.2) is 18.2 Å². The molecule has 4 heteroatoms. The maximum Gasteiger partial charge on any atom is 0.200 e. The smallest absolute Gasteiger partial charge is 0.200 e. The SMILES string of the molecule is CCC1CCC(N)C(Oc2cccc(F)c2F)C1. The van der Waals surface area contributed by atoms with Crippen molar-refractivity contribution in [1.29, 1.82) is 0 Å². The lowest BCUT2D eigenvalue weighted by Crippen LogP contribution is -2.44. The second kappa shape index (κ2) is 5.65. The van der Waals surface area contributed by atoms with E-state index in [-0.39, 0.29) is 17.9 Å².